The van der Waals surface area contributed by atoms with Crippen LogP contribution in [0.4, 0.5) is 0 Å². The Hall–Kier alpha value is -1.87. The molecule has 3 nitrogen and oxygen atoms in total. The zero-order chi connectivity index (χ0) is 11.4. The number of aryl methyl sites for hydroxylation is 1. The van der Waals surface area contributed by atoms with E-state index in [0.717, 1.165) is 11.3 Å². The molecule has 16 heavy (non-hydrogen) atoms. The third-order valence-electron chi connectivity index (χ3n) is 2.38. The number of para-hydroxylation sites is 1. The van der Waals surface area contributed by atoms with Crippen LogP contribution in [0.2, 0.25) is 0 Å². The van der Waals surface area contributed by atoms with Crippen molar-refractivity contribution in [1.29, 1.82) is 0 Å². The number of hydrogen-bond acceptors (Lipinski definition) is 2. The van der Waals surface area contributed by atoms with E-state index in [-0.39, 0.29) is 6.61 Å². The van der Waals surface area contributed by atoms with Crippen LogP contribution in [-0.2, 0) is 0 Å². The quantitative estimate of drug-likeness (QED) is 0.850. The average molecular weight is 214 g/mol. The van der Waals surface area contributed by atoms with Crippen LogP contribution in [0.1, 0.15) is 11.1 Å². The number of hydrogen-bond donors (Lipinski definition) is 1. The van der Waals surface area contributed by atoms with E-state index in [1.807, 2.05) is 35.2 Å². The number of nitrogens with zero attached hydrogens (tertiary/aromatic N) is 2. The van der Waals surface area contributed by atoms with Crippen LogP contribution < -0.4 is 0 Å². The van der Waals surface area contributed by atoms with Gasteiger partial charge in [-0.25, -0.2) is 4.68 Å². The molecule has 1 N–H and O–H groups in total. The highest BCUT2D eigenvalue weighted by Gasteiger charge is 2.00. The molecule has 2 rings (SSSR count). The van der Waals surface area contributed by atoms with E-state index in [9.17, 15) is 0 Å². The number of aromatic nitrogens is 2. The summed E-state index contributed by atoms with van der Waals surface area (Å²) in [6.45, 7) is 2.11. The summed E-state index contributed by atoms with van der Waals surface area (Å²) >= 11 is 0. The smallest absolute Gasteiger partial charge is 0.0674 e. The molecule has 0 saturated heterocycles. The Bertz CT molecular complexity index is 500. The SMILES string of the molecule is Cc1ccccc1-n1cc(C=CCO)cn1. The number of aliphatic hydroxyl groups is 1. The van der Waals surface area contributed by atoms with Crippen molar-refractivity contribution in [2.75, 3.05) is 6.61 Å². The lowest BCUT2D eigenvalue weighted by atomic mass is 10.2. The van der Waals surface area contributed by atoms with Gasteiger partial charge >= 0.3 is 0 Å². The van der Waals surface area contributed by atoms with Crippen LogP contribution in [0.5, 0.6) is 0 Å². The van der Waals surface area contributed by atoms with Crippen LogP contribution in [0.25, 0.3) is 11.8 Å². The molecule has 0 aliphatic heterocycles. The first-order chi connectivity index (χ1) is 7.81. The molecule has 1 aromatic carbocycles. The molecule has 3 heteroatoms. The molecule has 0 aliphatic rings. The van der Waals surface area contributed by atoms with Crippen molar-refractivity contribution in [3.8, 4) is 5.69 Å². The topological polar surface area (TPSA) is 38.0 Å². The van der Waals surface area contributed by atoms with Gasteiger partial charge in [-0.1, -0.05) is 30.4 Å². The second-order valence-corrected chi connectivity index (χ2v) is 3.59. The summed E-state index contributed by atoms with van der Waals surface area (Å²) in [5.74, 6) is 0. The Morgan fingerprint density at radius 2 is 2.19 bits per heavy atom. The molecule has 1 aromatic heterocycles. The molecule has 0 radical (unpaired) electrons. The van der Waals surface area contributed by atoms with Crippen LogP contribution in [-0.4, -0.2) is 21.5 Å². The molecule has 0 spiro atoms. The van der Waals surface area contributed by atoms with Crippen LogP contribution in [0.15, 0.2) is 42.7 Å². The van der Waals surface area contributed by atoms with E-state index >= 15 is 0 Å². The molecule has 82 valence electrons. The van der Waals surface area contributed by atoms with Crippen molar-refractivity contribution in [2.45, 2.75) is 6.92 Å². The zero-order valence-electron chi connectivity index (χ0n) is 9.17. The van der Waals surface area contributed by atoms with Gasteiger partial charge in [-0.15, -0.1) is 0 Å². The van der Waals surface area contributed by atoms with Crippen molar-refractivity contribution in [3.63, 3.8) is 0 Å². The maximum Gasteiger partial charge on any atom is 0.0674 e. The van der Waals surface area contributed by atoms with Gasteiger partial charge in [-0.05, 0) is 18.6 Å². The summed E-state index contributed by atoms with van der Waals surface area (Å²) in [6, 6.07) is 8.09. The van der Waals surface area contributed by atoms with E-state index in [0.29, 0.717) is 0 Å². The van der Waals surface area contributed by atoms with Gasteiger partial charge in [0.2, 0.25) is 0 Å². The number of rotatable bonds is 3. The van der Waals surface area contributed by atoms with Crippen molar-refractivity contribution in [3.05, 3.63) is 53.9 Å². The maximum absolute atomic E-state index is 8.68. The summed E-state index contributed by atoms with van der Waals surface area (Å²) in [7, 11) is 0. The highest BCUT2D eigenvalue weighted by Crippen LogP contribution is 2.13. The molecule has 0 amide bonds. The molecule has 0 atom stereocenters. The molecule has 0 saturated carbocycles. The van der Waals surface area contributed by atoms with Gasteiger partial charge in [0.15, 0.2) is 0 Å². The summed E-state index contributed by atoms with van der Waals surface area (Å²) < 4.78 is 1.84. The fourth-order valence-electron chi connectivity index (χ4n) is 1.56. The first-order valence-electron chi connectivity index (χ1n) is 5.19. The summed E-state index contributed by atoms with van der Waals surface area (Å²) in [5, 5.41) is 13.0. The predicted octanol–water partition coefficient (Wildman–Crippen LogP) is 2.19. The molecular formula is C13H14N2O. The largest absolute Gasteiger partial charge is 0.392 e. The minimum atomic E-state index is 0.0511. The normalized spacial score (nSPS) is 11.1. The molecule has 0 bridgehead atoms. The van der Waals surface area contributed by atoms with Crippen LogP contribution >= 0.6 is 0 Å². The Morgan fingerprint density at radius 1 is 1.38 bits per heavy atom. The van der Waals surface area contributed by atoms with E-state index in [4.69, 9.17) is 5.11 Å². The van der Waals surface area contributed by atoms with E-state index in [1.165, 1.54) is 5.56 Å². The van der Waals surface area contributed by atoms with Gasteiger partial charge < -0.3 is 5.11 Å². The van der Waals surface area contributed by atoms with Gasteiger partial charge in [-0.3, -0.25) is 0 Å². The maximum atomic E-state index is 8.68. The molecular weight excluding hydrogens is 200 g/mol. The minimum Gasteiger partial charge on any atom is -0.392 e. The summed E-state index contributed by atoms with van der Waals surface area (Å²) in [5.41, 5.74) is 3.24. The summed E-state index contributed by atoms with van der Waals surface area (Å²) in [4.78, 5) is 0. The lowest BCUT2D eigenvalue weighted by molar-refractivity contribution is 0.343. The molecule has 1 heterocycles. The Morgan fingerprint density at radius 3 is 2.94 bits per heavy atom. The lowest BCUT2D eigenvalue weighted by Crippen LogP contribution is -1.96. The Kier molecular flexibility index (Phi) is 3.17. The van der Waals surface area contributed by atoms with Crippen molar-refractivity contribution < 1.29 is 5.11 Å². The highest BCUT2D eigenvalue weighted by molar-refractivity contribution is 5.49. The molecule has 2 aromatic rings. The summed E-state index contributed by atoms with van der Waals surface area (Å²) in [6.07, 6.45) is 7.26. The van der Waals surface area contributed by atoms with Crippen LogP contribution in [0.3, 0.4) is 0 Å². The van der Waals surface area contributed by atoms with Crippen LogP contribution in [0, 0.1) is 6.92 Å². The Balaban J connectivity index is 2.32. The fourth-order valence-corrected chi connectivity index (χ4v) is 1.56. The first kappa shape index (κ1) is 10.6. The predicted molar refractivity (Wildman–Crippen MR) is 64.4 cm³/mol. The van der Waals surface area contributed by atoms with Gasteiger partial charge in [0.25, 0.3) is 0 Å². The molecule has 0 fully saturated rings. The zero-order valence-corrected chi connectivity index (χ0v) is 9.17. The lowest BCUT2D eigenvalue weighted by Gasteiger charge is -2.03. The molecule has 0 aliphatic carbocycles. The van der Waals surface area contributed by atoms with E-state index in [2.05, 4.69) is 18.1 Å². The molecule has 0 unspecified atom stereocenters. The standard InChI is InChI=1S/C13H14N2O/c1-11-5-2-3-7-13(11)15-10-12(9-14-15)6-4-8-16/h2-7,9-10,16H,8H2,1H3. The van der Waals surface area contributed by atoms with Gasteiger partial charge in [0.1, 0.15) is 0 Å². The van der Waals surface area contributed by atoms with Gasteiger partial charge in [0, 0.05) is 11.8 Å². The monoisotopic (exact) mass is 214 g/mol. The second kappa shape index (κ2) is 4.77. The average Bonchev–Trinajstić information content (AvgIpc) is 2.75. The number of aliphatic hydroxyl groups excluding tert-OH is 1. The second-order valence-electron chi connectivity index (χ2n) is 3.59. The van der Waals surface area contributed by atoms with Gasteiger partial charge in [0.05, 0.1) is 18.5 Å². The van der Waals surface area contributed by atoms with Gasteiger partial charge in [-0.2, -0.15) is 5.10 Å². The first-order valence-corrected chi connectivity index (χ1v) is 5.19. The minimum absolute atomic E-state index is 0.0511. The van der Waals surface area contributed by atoms with Crippen molar-refractivity contribution in [2.24, 2.45) is 0 Å². The Labute approximate surface area is 94.7 Å². The highest BCUT2D eigenvalue weighted by atomic mass is 16.2. The third kappa shape index (κ3) is 2.20. The third-order valence-corrected chi connectivity index (χ3v) is 2.38. The van der Waals surface area contributed by atoms with Crippen molar-refractivity contribution >= 4 is 6.08 Å². The van der Waals surface area contributed by atoms with E-state index in [1.54, 1.807) is 12.3 Å². The number of benzene rings is 1. The fraction of sp³-hybridized carbons (Fsp3) is 0.154. The van der Waals surface area contributed by atoms with E-state index < -0.39 is 0 Å². The van der Waals surface area contributed by atoms with Crippen molar-refractivity contribution in [1.82, 2.24) is 9.78 Å².